The summed E-state index contributed by atoms with van der Waals surface area (Å²) in [5.41, 5.74) is 3.36. The molecule has 0 aliphatic carbocycles. The number of aromatic nitrogens is 2. The van der Waals surface area contributed by atoms with Crippen molar-refractivity contribution in [3.05, 3.63) is 76.3 Å². The first-order chi connectivity index (χ1) is 15.0. The number of benzene rings is 2. The van der Waals surface area contributed by atoms with Crippen molar-refractivity contribution in [2.75, 3.05) is 26.1 Å². The molecule has 0 fully saturated rings. The molecule has 0 radical (unpaired) electrons. The molecular formula is C22H21ClN4O4. The van der Waals surface area contributed by atoms with Crippen LogP contribution in [0.25, 0.3) is 0 Å². The van der Waals surface area contributed by atoms with Gasteiger partial charge < -0.3 is 24.7 Å². The Morgan fingerprint density at radius 2 is 1.97 bits per heavy atom. The average molecular weight is 441 g/mol. The van der Waals surface area contributed by atoms with E-state index in [1.54, 1.807) is 35.5 Å². The van der Waals surface area contributed by atoms with Crippen LogP contribution in [0.15, 0.2) is 48.8 Å². The molecule has 1 aliphatic rings. The first kappa shape index (κ1) is 20.7. The van der Waals surface area contributed by atoms with Crippen molar-refractivity contribution in [1.82, 2.24) is 14.9 Å². The number of hydrogen-bond acceptors (Lipinski definition) is 5. The molecule has 0 saturated heterocycles. The molecule has 0 unspecified atom stereocenters. The maximum Gasteiger partial charge on any atom is 0.337 e. The molecular weight excluding hydrogens is 420 g/mol. The van der Waals surface area contributed by atoms with E-state index >= 15 is 0 Å². The zero-order valence-electron chi connectivity index (χ0n) is 17.0. The van der Waals surface area contributed by atoms with Crippen molar-refractivity contribution < 1.29 is 19.1 Å². The largest absolute Gasteiger partial charge is 0.495 e. The number of carbonyl (C=O) groups excluding carboxylic acids is 2. The first-order valence-corrected chi connectivity index (χ1v) is 10.0. The highest BCUT2D eigenvalue weighted by Gasteiger charge is 2.34. The third kappa shape index (κ3) is 4.06. The van der Waals surface area contributed by atoms with E-state index in [0.29, 0.717) is 35.0 Å². The van der Waals surface area contributed by atoms with E-state index in [9.17, 15) is 9.59 Å². The molecule has 2 amide bonds. The number of nitrogens with one attached hydrogen (secondary N) is 2. The third-order valence-electron chi connectivity index (χ3n) is 5.23. The molecule has 2 aromatic carbocycles. The number of halogens is 1. The van der Waals surface area contributed by atoms with E-state index in [2.05, 4.69) is 15.3 Å². The van der Waals surface area contributed by atoms with Crippen LogP contribution in [0.5, 0.6) is 5.75 Å². The van der Waals surface area contributed by atoms with Crippen molar-refractivity contribution >= 4 is 29.3 Å². The molecule has 1 atom stereocenters. The van der Waals surface area contributed by atoms with Crippen LogP contribution in [0.2, 0.25) is 5.02 Å². The van der Waals surface area contributed by atoms with Gasteiger partial charge >= 0.3 is 12.0 Å². The van der Waals surface area contributed by atoms with E-state index in [4.69, 9.17) is 21.1 Å². The Morgan fingerprint density at radius 1 is 1.19 bits per heavy atom. The second-order valence-electron chi connectivity index (χ2n) is 7.00. The van der Waals surface area contributed by atoms with Crippen molar-refractivity contribution in [3.63, 3.8) is 0 Å². The average Bonchev–Trinajstić information content (AvgIpc) is 3.27. The fraction of sp³-hybridized carbons (Fsp3) is 0.227. The summed E-state index contributed by atoms with van der Waals surface area (Å²) in [6.45, 7) is 0.479. The van der Waals surface area contributed by atoms with Crippen LogP contribution in [-0.2, 0) is 11.2 Å². The van der Waals surface area contributed by atoms with Gasteiger partial charge in [0.15, 0.2) is 0 Å². The van der Waals surface area contributed by atoms with Gasteiger partial charge in [-0.3, -0.25) is 0 Å². The topological polar surface area (TPSA) is 96.5 Å². The predicted molar refractivity (Wildman–Crippen MR) is 116 cm³/mol. The van der Waals surface area contributed by atoms with Gasteiger partial charge in [-0.1, -0.05) is 23.7 Å². The van der Waals surface area contributed by atoms with Crippen LogP contribution in [0.4, 0.5) is 10.5 Å². The Labute approximate surface area is 184 Å². The normalized spacial score (nSPS) is 15.2. The lowest BCUT2D eigenvalue weighted by atomic mass is 9.96. The lowest BCUT2D eigenvalue weighted by Crippen LogP contribution is -2.43. The fourth-order valence-corrected chi connectivity index (χ4v) is 3.84. The number of nitrogens with zero attached hydrogens (tertiary/aromatic N) is 2. The molecule has 0 saturated carbocycles. The molecule has 1 aromatic heterocycles. The van der Waals surface area contributed by atoms with Crippen LogP contribution in [0.3, 0.4) is 0 Å². The van der Waals surface area contributed by atoms with E-state index < -0.39 is 5.97 Å². The summed E-state index contributed by atoms with van der Waals surface area (Å²) in [5.74, 6) is -0.0714. The van der Waals surface area contributed by atoms with Gasteiger partial charge in [0, 0.05) is 23.7 Å². The SMILES string of the molecule is COC(=O)c1ccc(OC)c(NC(=O)N2CCc3[nH]cnc3[C@H]2c2ccc(Cl)cc2)c1. The van der Waals surface area contributed by atoms with E-state index in [0.717, 1.165) is 17.0 Å². The van der Waals surface area contributed by atoms with Gasteiger partial charge in [-0.25, -0.2) is 14.6 Å². The zero-order valence-corrected chi connectivity index (χ0v) is 17.8. The molecule has 0 spiro atoms. The maximum absolute atomic E-state index is 13.3. The smallest absolute Gasteiger partial charge is 0.337 e. The summed E-state index contributed by atoms with van der Waals surface area (Å²) in [6, 6.07) is 11.3. The summed E-state index contributed by atoms with van der Waals surface area (Å²) in [7, 11) is 2.80. The number of carbonyl (C=O) groups is 2. The van der Waals surface area contributed by atoms with Crippen LogP contribution in [0.1, 0.15) is 33.4 Å². The zero-order chi connectivity index (χ0) is 22.0. The van der Waals surface area contributed by atoms with Crippen LogP contribution in [-0.4, -0.2) is 47.6 Å². The second-order valence-corrected chi connectivity index (χ2v) is 7.44. The van der Waals surface area contributed by atoms with Gasteiger partial charge in [-0.05, 0) is 35.9 Å². The second kappa shape index (κ2) is 8.69. The molecule has 9 heteroatoms. The lowest BCUT2D eigenvalue weighted by molar-refractivity contribution is 0.0600. The number of fused-ring (bicyclic) bond motifs is 1. The highest BCUT2D eigenvalue weighted by molar-refractivity contribution is 6.30. The maximum atomic E-state index is 13.3. The number of imidazole rings is 1. The van der Waals surface area contributed by atoms with Crippen LogP contribution >= 0.6 is 11.6 Å². The molecule has 160 valence electrons. The number of aromatic amines is 1. The fourth-order valence-electron chi connectivity index (χ4n) is 3.72. The quantitative estimate of drug-likeness (QED) is 0.597. The molecule has 1 aliphatic heterocycles. The summed E-state index contributed by atoms with van der Waals surface area (Å²) >= 11 is 6.06. The van der Waals surface area contributed by atoms with Crippen molar-refractivity contribution in [3.8, 4) is 5.75 Å². The number of amides is 2. The Balaban J connectivity index is 1.67. The first-order valence-electron chi connectivity index (χ1n) is 9.63. The highest BCUT2D eigenvalue weighted by Crippen LogP contribution is 2.35. The number of H-pyrrole nitrogens is 1. The number of ether oxygens (including phenoxy) is 2. The van der Waals surface area contributed by atoms with Crippen LogP contribution in [0, 0.1) is 0 Å². The van der Waals surface area contributed by atoms with Gasteiger partial charge in [0.2, 0.25) is 0 Å². The standard InChI is InChI=1S/C22H21ClN4O4/c1-30-18-8-5-14(21(28)31-2)11-17(18)26-22(29)27-10-9-16-19(25-12-24-16)20(27)13-3-6-15(23)7-4-13/h3-8,11-12,20H,9-10H2,1-2H3,(H,24,25)(H,26,29)/t20-/m1/s1. The number of anilines is 1. The van der Waals surface area contributed by atoms with Gasteiger partial charge in [0.25, 0.3) is 0 Å². The van der Waals surface area contributed by atoms with Crippen molar-refractivity contribution in [2.45, 2.75) is 12.5 Å². The molecule has 2 N–H and O–H groups in total. The monoisotopic (exact) mass is 440 g/mol. The van der Waals surface area contributed by atoms with Crippen molar-refractivity contribution in [1.29, 1.82) is 0 Å². The highest BCUT2D eigenvalue weighted by atomic mass is 35.5. The number of methoxy groups -OCH3 is 2. The van der Waals surface area contributed by atoms with Gasteiger partial charge in [-0.2, -0.15) is 0 Å². The number of urea groups is 1. The number of hydrogen-bond donors (Lipinski definition) is 2. The third-order valence-corrected chi connectivity index (χ3v) is 5.49. The number of esters is 1. The summed E-state index contributed by atoms with van der Waals surface area (Å²) < 4.78 is 10.1. The minimum atomic E-state index is -0.503. The van der Waals surface area contributed by atoms with Gasteiger partial charge in [-0.15, -0.1) is 0 Å². The van der Waals surface area contributed by atoms with Crippen molar-refractivity contribution in [2.24, 2.45) is 0 Å². The minimum Gasteiger partial charge on any atom is -0.495 e. The Hall–Kier alpha value is -3.52. The number of rotatable bonds is 4. The van der Waals surface area contributed by atoms with Gasteiger partial charge in [0.05, 0.1) is 37.5 Å². The molecule has 8 nitrogen and oxygen atoms in total. The Kier molecular flexibility index (Phi) is 5.81. The lowest BCUT2D eigenvalue weighted by Gasteiger charge is -2.35. The molecule has 0 bridgehead atoms. The molecule has 2 heterocycles. The summed E-state index contributed by atoms with van der Waals surface area (Å²) in [5, 5.41) is 3.49. The summed E-state index contributed by atoms with van der Waals surface area (Å²) in [4.78, 5) is 34.6. The molecule has 31 heavy (non-hydrogen) atoms. The minimum absolute atomic E-state index is 0.307. The molecule has 3 aromatic rings. The Morgan fingerprint density at radius 3 is 2.68 bits per heavy atom. The van der Waals surface area contributed by atoms with E-state index in [-0.39, 0.29) is 12.1 Å². The molecule has 4 rings (SSSR count). The Bertz CT molecular complexity index is 1110. The predicted octanol–water partition coefficient (Wildman–Crippen LogP) is 4.04. The van der Waals surface area contributed by atoms with E-state index in [1.807, 2.05) is 12.1 Å². The van der Waals surface area contributed by atoms with E-state index in [1.165, 1.54) is 20.3 Å². The van der Waals surface area contributed by atoms with Gasteiger partial charge in [0.1, 0.15) is 11.8 Å². The summed E-state index contributed by atoms with van der Waals surface area (Å²) in [6.07, 6.45) is 2.28. The van der Waals surface area contributed by atoms with Crippen LogP contribution < -0.4 is 10.1 Å².